The largest absolute Gasteiger partial charge is 0.326 e. The number of hydrogen-bond donors (Lipinski definition) is 1. The van der Waals surface area contributed by atoms with Gasteiger partial charge in [-0.15, -0.1) is 0 Å². The Morgan fingerprint density at radius 2 is 1.70 bits per heavy atom. The van der Waals surface area contributed by atoms with Crippen molar-refractivity contribution in [2.75, 3.05) is 23.4 Å². The average Bonchev–Trinajstić information content (AvgIpc) is 2.81. The molecule has 0 saturated carbocycles. The fraction of sp³-hybridized carbons (Fsp3) is 0.263. The number of benzene rings is 2. The number of rotatable bonds is 2. The molecular weight excluding hydrogens is 371 g/mol. The van der Waals surface area contributed by atoms with Crippen LogP contribution in [0.1, 0.15) is 18.0 Å². The summed E-state index contributed by atoms with van der Waals surface area (Å²) in [6, 6.07) is 13.5. The molecule has 27 heavy (non-hydrogen) atoms. The third-order valence-corrected chi connectivity index (χ3v) is 6.14. The quantitative estimate of drug-likeness (QED) is 0.797. The molecule has 0 radical (unpaired) electrons. The summed E-state index contributed by atoms with van der Waals surface area (Å²) < 4.78 is 38.2. The van der Waals surface area contributed by atoms with E-state index in [0.717, 1.165) is 0 Å². The standard InChI is InChI=1S/C19H19FN2O4S/c20-15-9-4-5-10-16(15)21-18(23)19(24)22-11-6-12-27(25,26)13-17(22)14-7-2-1-3-8-14/h1-5,7-10,17H,6,11-13H2,(H,21,23). The van der Waals surface area contributed by atoms with Gasteiger partial charge in [0.1, 0.15) is 5.82 Å². The first kappa shape index (κ1) is 19.0. The first-order valence-electron chi connectivity index (χ1n) is 8.49. The van der Waals surface area contributed by atoms with Gasteiger partial charge in [-0.25, -0.2) is 12.8 Å². The first-order valence-corrected chi connectivity index (χ1v) is 10.3. The number of nitrogens with zero attached hydrogens (tertiary/aromatic N) is 1. The molecule has 8 heteroatoms. The normalized spacial score (nSPS) is 19.1. The van der Waals surface area contributed by atoms with E-state index in [4.69, 9.17) is 0 Å². The second-order valence-corrected chi connectivity index (χ2v) is 8.56. The Morgan fingerprint density at radius 1 is 1.04 bits per heavy atom. The van der Waals surface area contributed by atoms with E-state index in [-0.39, 0.29) is 30.2 Å². The predicted molar refractivity (Wildman–Crippen MR) is 99.2 cm³/mol. The van der Waals surface area contributed by atoms with Crippen molar-refractivity contribution in [3.05, 3.63) is 66.0 Å². The topological polar surface area (TPSA) is 83.6 Å². The van der Waals surface area contributed by atoms with E-state index in [1.54, 1.807) is 30.3 Å². The SMILES string of the molecule is O=C(Nc1ccccc1F)C(=O)N1CCCS(=O)(=O)CC1c1ccccc1. The van der Waals surface area contributed by atoms with Gasteiger partial charge in [0.25, 0.3) is 0 Å². The Labute approximate surface area is 156 Å². The van der Waals surface area contributed by atoms with Crippen molar-refractivity contribution >= 4 is 27.3 Å². The van der Waals surface area contributed by atoms with E-state index in [9.17, 15) is 22.4 Å². The van der Waals surface area contributed by atoms with Gasteiger partial charge in [-0.3, -0.25) is 9.59 Å². The van der Waals surface area contributed by atoms with Crippen LogP contribution in [0.4, 0.5) is 10.1 Å². The zero-order valence-corrected chi connectivity index (χ0v) is 15.3. The number of amides is 2. The van der Waals surface area contributed by atoms with Gasteiger partial charge in [-0.2, -0.15) is 0 Å². The number of carbonyl (C=O) groups excluding carboxylic acids is 2. The molecular formula is C19H19FN2O4S. The minimum absolute atomic E-state index is 0.0466. The molecule has 3 rings (SSSR count). The lowest BCUT2D eigenvalue weighted by molar-refractivity contribution is -0.144. The van der Waals surface area contributed by atoms with Crippen LogP contribution in [0, 0.1) is 5.82 Å². The Hall–Kier alpha value is -2.74. The minimum atomic E-state index is -3.36. The summed E-state index contributed by atoms with van der Waals surface area (Å²) in [5.41, 5.74) is 0.532. The maximum atomic E-state index is 13.7. The molecule has 1 heterocycles. The zero-order valence-electron chi connectivity index (χ0n) is 14.5. The van der Waals surface area contributed by atoms with Gasteiger partial charge in [-0.1, -0.05) is 42.5 Å². The summed E-state index contributed by atoms with van der Waals surface area (Å²) in [6.45, 7) is 0.127. The van der Waals surface area contributed by atoms with Crippen molar-refractivity contribution in [2.45, 2.75) is 12.5 Å². The Balaban J connectivity index is 1.88. The van der Waals surface area contributed by atoms with Gasteiger partial charge in [0.2, 0.25) is 0 Å². The summed E-state index contributed by atoms with van der Waals surface area (Å²) in [7, 11) is -3.36. The van der Waals surface area contributed by atoms with Crippen molar-refractivity contribution < 1.29 is 22.4 Å². The van der Waals surface area contributed by atoms with Crippen molar-refractivity contribution in [2.24, 2.45) is 0 Å². The molecule has 0 spiro atoms. The summed E-state index contributed by atoms with van der Waals surface area (Å²) in [6.07, 6.45) is 0.240. The highest BCUT2D eigenvalue weighted by Gasteiger charge is 2.35. The van der Waals surface area contributed by atoms with Crippen LogP contribution in [0.3, 0.4) is 0 Å². The second kappa shape index (κ2) is 7.87. The lowest BCUT2D eigenvalue weighted by atomic mass is 10.1. The first-order chi connectivity index (χ1) is 12.9. The van der Waals surface area contributed by atoms with Gasteiger partial charge >= 0.3 is 11.8 Å². The molecule has 2 aromatic carbocycles. The molecule has 2 aromatic rings. The van der Waals surface area contributed by atoms with Crippen LogP contribution in [0.5, 0.6) is 0 Å². The molecule has 0 aliphatic carbocycles. The zero-order chi connectivity index (χ0) is 19.4. The van der Waals surface area contributed by atoms with Gasteiger partial charge in [-0.05, 0) is 24.1 Å². The van der Waals surface area contributed by atoms with Crippen LogP contribution in [-0.4, -0.2) is 43.2 Å². The molecule has 0 aromatic heterocycles. The highest BCUT2D eigenvalue weighted by Crippen LogP contribution is 2.26. The smallest absolute Gasteiger partial charge is 0.314 e. The number of hydrogen-bond acceptors (Lipinski definition) is 4. The van der Waals surface area contributed by atoms with E-state index < -0.39 is 33.5 Å². The average molecular weight is 390 g/mol. The predicted octanol–water partition coefficient (Wildman–Crippen LogP) is 2.15. The minimum Gasteiger partial charge on any atom is -0.326 e. The van der Waals surface area contributed by atoms with Crippen LogP contribution in [-0.2, 0) is 19.4 Å². The third kappa shape index (κ3) is 4.51. The van der Waals surface area contributed by atoms with Gasteiger partial charge in [0.05, 0.1) is 23.2 Å². The van der Waals surface area contributed by atoms with E-state index in [1.165, 1.54) is 29.2 Å². The summed E-state index contributed by atoms with van der Waals surface area (Å²) >= 11 is 0. The van der Waals surface area contributed by atoms with Crippen LogP contribution >= 0.6 is 0 Å². The number of anilines is 1. The van der Waals surface area contributed by atoms with Crippen molar-refractivity contribution in [3.63, 3.8) is 0 Å². The molecule has 1 aliphatic heterocycles. The summed E-state index contributed by atoms with van der Waals surface area (Å²) in [5.74, 6) is -2.84. The van der Waals surface area contributed by atoms with Gasteiger partial charge in [0, 0.05) is 6.54 Å². The maximum absolute atomic E-state index is 13.7. The molecule has 0 bridgehead atoms. The highest BCUT2D eigenvalue weighted by molar-refractivity contribution is 7.91. The van der Waals surface area contributed by atoms with E-state index in [1.807, 2.05) is 0 Å². The molecule has 1 atom stereocenters. The Bertz CT molecular complexity index is 947. The third-order valence-electron chi connectivity index (χ3n) is 4.40. The highest BCUT2D eigenvalue weighted by atomic mass is 32.2. The van der Waals surface area contributed by atoms with Crippen LogP contribution in [0.2, 0.25) is 0 Å². The molecule has 2 amide bonds. The molecule has 1 saturated heterocycles. The maximum Gasteiger partial charge on any atom is 0.314 e. The monoisotopic (exact) mass is 390 g/mol. The number of halogens is 1. The molecule has 1 aliphatic rings. The number of sulfone groups is 1. The lowest BCUT2D eigenvalue weighted by Gasteiger charge is -2.29. The molecule has 1 N–H and O–H groups in total. The van der Waals surface area contributed by atoms with E-state index in [0.29, 0.717) is 5.56 Å². The van der Waals surface area contributed by atoms with Crippen LogP contribution in [0.25, 0.3) is 0 Å². The number of para-hydroxylation sites is 1. The summed E-state index contributed by atoms with van der Waals surface area (Å²) in [5, 5.41) is 2.27. The lowest BCUT2D eigenvalue weighted by Crippen LogP contribution is -2.43. The molecule has 6 nitrogen and oxygen atoms in total. The molecule has 1 fully saturated rings. The van der Waals surface area contributed by atoms with Crippen molar-refractivity contribution in [1.82, 2.24) is 4.90 Å². The summed E-state index contributed by atoms with van der Waals surface area (Å²) in [4.78, 5) is 26.4. The molecule has 1 unspecified atom stereocenters. The fourth-order valence-corrected chi connectivity index (χ4v) is 4.68. The second-order valence-electron chi connectivity index (χ2n) is 6.33. The van der Waals surface area contributed by atoms with Gasteiger partial charge < -0.3 is 10.2 Å². The Kier molecular flexibility index (Phi) is 5.55. The van der Waals surface area contributed by atoms with Crippen molar-refractivity contribution in [3.8, 4) is 0 Å². The van der Waals surface area contributed by atoms with Gasteiger partial charge in [0.15, 0.2) is 9.84 Å². The van der Waals surface area contributed by atoms with Crippen molar-refractivity contribution in [1.29, 1.82) is 0 Å². The number of nitrogens with one attached hydrogen (secondary N) is 1. The Morgan fingerprint density at radius 3 is 2.41 bits per heavy atom. The van der Waals surface area contributed by atoms with E-state index >= 15 is 0 Å². The van der Waals surface area contributed by atoms with Crippen LogP contribution in [0.15, 0.2) is 54.6 Å². The van der Waals surface area contributed by atoms with Crippen LogP contribution < -0.4 is 5.32 Å². The number of carbonyl (C=O) groups is 2. The van der Waals surface area contributed by atoms with E-state index in [2.05, 4.69) is 5.32 Å². The fourth-order valence-electron chi connectivity index (χ4n) is 3.09. The molecule has 142 valence electrons.